The lowest BCUT2D eigenvalue weighted by Crippen LogP contribution is -2.19. The van der Waals surface area contributed by atoms with Crippen molar-refractivity contribution in [3.05, 3.63) is 24.3 Å². The average Bonchev–Trinajstić information content (AvgIpc) is 2.17. The summed E-state index contributed by atoms with van der Waals surface area (Å²) < 4.78 is 5.02. The minimum absolute atomic E-state index is 0.0871. The number of hydrogen-bond donors (Lipinski definition) is 2. The number of carboxylic acid groups (broad SMARTS) is 1. The van der Waals surface area contributed by atoms with Gasteiger partial charge in [-0.15, -0.1) is 0 Å². The van der Waals surface area contributed by atoms with Crippen molar-refractivity contribution in [2.24, 2.45) is 0 Å². The van der Waals surface area contributed by atoms with Gasteiger partial charge in [-0.1, -0.05) is 0 Å². The largest absolute Gasteiger partial charge is 0.497 e. The first-order valence-electron chi connectivity index (χ1n) is 4.74. The van der Waals surface area contributed by atoms with Crippen molar-refractivity contribution < 1.29 is 14.6 Å². The lowest BCUT2D eigenvalue weighted by Gasteiger charge is -2.13. The smallest absolute Gasteiger partial charge is 0.305 e. The Labute approximate surface area is 88.9 Å². The summed E-state index contributed by atoms with van der Waals surface area (Å²) in [4.78, 5) is 10.4. The van der Waals surface area contributed by atoms with E-state index in [4.69, 9.17) is 9.84 Å². The monoisotopic (exact) mass is 209 g/mol. The number of aliphatic carboxylic acids is 1. The standard InChI is InChI=1S/C11H15NO3/c1-8(7-11(13)14)12-9-3-5-10(15-2)6-4-9/h3-6,8,12H,7H2,1-2H3,(H,13,14). The molecule has 1 aromatic rings. The van der Waals surface area contributed by atoms with Gasteiger partial charge in [-0.05, 0) is 31.2 Å². The number of carbonyl (C=O) groups is 1. The van der Waals surface area contributed by atoms with Gasteiger partial charge in [0.2, 0.25) is 0 Å². The van der Waals surface area contributed by atoms with Crippen molar-refractivity contribution in [1.82, 2.24) is 0 Å². The van der Waals surface area contributed by atoms with E-state index in [1.165, 1.54) is 0 Å². The second kappa shape index (κ2) is 5.24. The minimum Gasteiger partial charge on any atom is -0.497 e. The zero-order chi connectivity index (χ0) is 11.3. The normalized spacial score (nSPS) is 11.9. The molecule has 0 aliphatic rings. The topological polar surface area (TPSA) is 58.6 Å². The highest BCUT2D eigenvalue weighted by Gasteiger charge is 2.06. The Hall–Kier alpha value is -1.71. The molecular weight excluding hydrogens is 194 g/mol. The molecule has 1 unspecified atom stereocenters. The third-order valence-corrected chi connectivity index (χ3v) is 1.98. The molecule has 0 aliphatic heterocycles. The summed E-state index contributed by atoms with van der Waals surface area (Å²) >= 11 is 0. The zero-order valence-electron chi connectivity index (χ0n) is 8.86. The summed E-state index contributed by atoms with van der Waals surface area (Å²) in [5.41, 5.74) is 0.893. The Morgan fingerprint density at radius 1 is 1.47 bits per heavy atom. The van der Waals surface area contributed by atoms with Crippen LogP contribution in [-0.4, -0.2) is 24.2 Å². The highest BCUT2D eigenvalue weighted by atomic mass is 16.5. The van der Waals surface area contributed by atoms with Gasteiger partial charge < -0.3 is 15.2 Å². The number of carboxylic acids is 1. The van der Waals surface area contributed by atoms with E-state index in [1.54, 1.807) is 7.11 Å². The molecule has 0 radical (unpaired) electrons. The van der Waals surface area contributed by atoms with Gasteiger partial charge in [0.1, 0.15) is 5.75 Å². The maximum Gasteiger partial charge on any atom is 0.305 e. The number of hydrogen-bond acceptors (Lipinski definition) is 3. The molecule has 1 rings (SSSR count). The van der Waals surface area contributed by atoms with Crippen LogP contribution >= 0.6 is 0 Å². The molecule has 0 heterocycles. The second-order valence-corrected chi connectivity index (χ2v) is 3.37. The van der Waals surface area contributed by atoms with E-state index in [0.717, 1.165) is 11.4 Å². The number of rotatable bonds is 5. The maximum absolute atomic E-state index is 10.4. The van der Waals surface area contributed by atoms with Gasteiger partial charge in [-0.3, -0.25) is 4.79 Å². The third-order valence-electron chi connectivity index (χ3n) is 1.98. The number of nitrogens with one attached hydrogen (secondary N) is 1. The van der Waals surface area contributed by atoms with Crippen molar-refractivity contribution >= 4 is 11.7 Å². The lowest BCUT2D eigenvalue weighted by molar-refractivity contribution is -0.137. The molecule has 1 aromatic carbocycles. The zero-order valence-corrected chi connectivity index (χ0v) is 8.86. The molecule has 2 N–H and O–H groups in total. The predicted octanol–water partition coefficient (Wildman–Crippen LogP) is 1.97. The van der Waals surface area contributed by atoms with E-state index in [2.05, 4.69) is 5.32 Å². The summed E-state index contributed by atoms with van der Waals surface area (Å²) in [6, 6.07) is 7.29. The summed E-state index contributed by atoms with van der Waals surface area (Å²) in [5, 5.41) is 11.7. The van der Waals surface area contributed by atoms with Crippen LogP contribution in [0.3, 0.4) is 0 Å². The first kappa shape index (κ1) is 11.4. The molecule has 1 atom stereocenters. The number of benzene rings is 1. The maximum atomic E-state index is 10.4. The fourth-order valence-electron chi connectivity index (χ4n) is 1.28. The van der Waals surface area contributed by atoms with Crippen LogP contribution in [0.4, 0.5) is 5.69 Å². The molecule has 0 bridgehead atoms. The summed E-state index contributed by atoms with van der Waals surface area (Å²) in [5.74, 6) is -0.0186. The Bertz CT molecular complexity index is 321. The highest BCUT2D eigenvalue weighted by molar-refractivity contribution is 5.68. The average molecular weight is 209 g/mol. The number of methoxy groups -OCH3 is 1. The van der Waals surface area contributed by atoms with Gasteiger partial charge >= 0.3 is 5.97 Å². The van der Waals surface area contributed by atoms with Gasteiger partial charge in [0, 0.05) is 11.7 Å². The quantitative estimate of drug-likeness (QED) is 0.778. The molecule has 0 amide bonds. The summed E-state index contributed by atoms with van der Waals surface area (Å²) in [7, 11) is 1.61. The Balaban J connectivity index is 2.53. The SMILES string of the molecule is COc1ccc(NC(C)CC(=O)O)cc1. The fraction of sp³-hybridized carbons (Fsp3) is 0.364. The molecule has 0 saturated carbocycles. The van der Waals surface area contributed by atoms with E-state index in [1.807, 2.05) is 31.2 Å². The highest BCUT2D eigenvalue weighted by Crippen LogP contribution is 2.16. The molecule has 0 aliphatic carbocycles. The Morgan fingerprint density at radius 2 is 2.07 bits per heavy atom. The Morgan fingerprint density at radius 3 is 2.53 bits per heavy atom. The van der Waals surface area contributed by atoms with Crippen LogP contribution in [0.1, 0.15) is 13.3 Å². The molecule has 0 saturated heterocycles. The Kier molecular flexibility index (Phi) is 3.97. The van der Waals surface area contributed by atoms with Crippen LogP contribution < -0.4 is 10.1 Å². The molecular formula is C11H15NO3. The first-order valence-corrected chi connectivity index (χ1v) is 4.74. The molecule has 82 valence electrons. The number of ether oxygens (including phenoxy) is 1. The van der Waals surface area contributed by atoms with Crippen molar-refractivity contribution in [3.63, 3.8) is 0 Å². The molecule has 0 aromatic heterocycles. The van der Waals surface area contributed by atoms with Crippen molar-refractivity contribution in [3.8, 4) is 5.75 Å². The van der Waals surface area contributed by atoms with Crippen molar-refractivity contribution in [2.45, 2.75) is 19.4 Å². The van der Waals surface area contributed by atoms with Gasteiger partial charge in [-0.25, -0.2) is 0 Å². The fourth-order valence-corrected chi connectivity index (χ4v) is 1.28. The summed E-state index contributed by atoms with van der Waals surface area (Å²) in [6.45, 7) is 1.83. The van der Waals surface area contributed by atoms with E-state index in [9.17, 15) is 4.79 Å². The third kappa shape index (κ3) is 3.89. The van der Waals surface area contributed by atoms with Crippen LogP contribution in [0, 0.1) is 0 Å². The van der Waals surface area contributed by atoms with Crippen molar-refractivity contribution in [1.29, 1.82) is 0 Å². The van der Waals surface area contributed by atoms with Crippen LogP contribution in [0.25, 0.3) is 0 Å². The van der Waals surface area contributed by atoms with Gasteiger partial charge in [0.15, 0.2) is 0 Å². The van der Waals surface area contributed by atoms with Crippen LogP contribution in [-0.2, 0) is 4.79 Å². The van der Waals surface area contributed by atoms with Gasteiger partial charge in [-0.2, -0.15) is 0 Å². The predicted molar refractivity (Wildman–Crippen MR) is 58.3 cm³/mol. The summed E-state index contributed by atoms with van der Waals surface area (Å²) in [6.07, 6.45) is 0.103. The molecule has 0 fully saturated rings. The molecule has 4 nitrogen and oxygen atoms in total. The van der Waals surface area contributed by atoms with E-state index >= 15 is 0 Å². The van der Waals surface area contributed by atoms with Crippen LogP contribution in [0.2, 0.25) is 0 Å². The molecule has 4 heteroatoms. The van der Waals surface area contributed by atoms with Crippen molar-refractivity contribution in [2.75, 3.05) is 12.4 Å². The van der Waals surface area contributed by atoms with Crippen LogP contribution in [0.15, 0.2) is 24.3 Å². The van der Waals surface area contributed by atoms with E-state index < -0.39 is 5.97 Å². The minimum atomic E-state index is -0.802. The molecule has 15 heavy (non-hydrogen) atoms. The molecule has 0 spiro atoms. The second-order valence-electron chi connectivity index (χ2n) is 3.37. The van der Waals surface area contributed by atoms with Gasteiger partial charge in [0.25, 0.3) is 0 Å². The van der Waals surface area contributed by atoms with Crippen LogP contribution in [0.5, 0.6) is 5.75 Å². The van der Waals surface area contributed by atoms with E-state index in [-0.39, 0.29) is 12.5 Å². The van der Waals surface area contributed by atoms with Gasteiger partial charge in [0.05, 0.1) is 13.5 Å². The number of anilines is 1. The first-order chi connectivity index (χ1) is 7.11. The lowest BCUT2D eigenvalue weighted by atomic mass is 10.2. The van der Waals surface area contributed by atoms with E-state index in [0.29, 0.717) is 0 Å².